The largest absolute Gasteiger partial charge is 0.350 e. The van der Waals surface area contributed by atoms with E-state index in [0.29, 0.717) is 10.0 Å². The summed E-state index contributed by atoms with van der Waals surface area (Å²) in [5.74, 6) is 10.8. The van der Waals surface area contributed by atoms with E-state index in [9.17, 15) is 9.59 Å². The van der Waals surface area contributed by atoms with Gasteiger partial charge in [-0.1, -0.05) is 0 Å². The zero-order valence-corrected chi connectivity index (χ0v) is 8.49. The number of carbonyl (C=O) groups excluding carboxylic acids is 2. The fourth-order valence-corrected chi connectivity index (χ4v) is 1.09. The number of urea groups is 2. The predicted molar refractivity (Wildman–Crippen MR) is 55.7 cm³/mol. The smallest absolute Gasteiger partial charge is 0.335 e. The number of hydrazine groups is 2. The quantitative estimate of drug-likeness (QED) is 0.259. The van der Waals surface area contributed by atoms with Gasteiger partial charge in [0.2, 0.25) is 0 Å². The molecular formula is C6H12N8O2. The second-order valence-electron chi connectivity index (χ2n) is 2.89. The van der Waals surface area contributed by atoms with Crippen LogP contribution in [-0.2, 0) is 7.05 Å². The molecule has 0 aromatic carbocycles. The molecule has 10 heteroatoms. The molecule has 0 fully saturated rings. The van der Waals surface area contributed by atoms with E-state index in [-0.39, 0.29) is 11.5 Å². The normalized spacial score (nSPS) is 9.94. The van der Waals surface area contributed by atoms with Gasteiger partial charge in [0.05, 0.1) is 6.20 Å². The molecule has 1 aromatic rings. The lowest BCUT2D eigenvalue weighted by Gasteiger charge is -2.19. The van der Waals surface area contributed by atoms with Crippen LogP contribution in [0.4, 0.5) is 21.1 Å². The SMILES string of the molecule is Cn1ncc(N(N)C(N)=O)c1N(N)C(N)=O. The summed E-state index contributed by atoms with van der Waals surface area (Å²) in [6.45, 7) is 0. The maximum atomic E-state index is 10.9. The number of anilines is 2. The van der Waals surface area contributed by atoms with Gasteiger partial charge in [0, 0.05) is 7.05 Å². The lowest BCUT2D eigenvalue weighted by molar-refractivity contribution is 0.252. The monoisotopic (exact) mass is 228 g/mol. The number of nitrogens with two attached hydrogens (primary N) is 4. The zero-order valence-electron chi connectivity index (χ0n) is 8.49. The van der Waals surface area contributed by atoms with Crippen LogP contribution in [0.3, 0.4) is 0 Å². The molecule has 16 heavy (non-hydrogen) atoms. The fourth-order valence-electron chi connectivity index (χ4n) is 1.09. The van der Waals surface area contributed by atoms with Crippen molar-refractivity contribution in [1.29, 1.82) is 0 Å². The minimum Gasteiger partial charge on any atom is -0.350 e. The van der Waals surface area contributed by atoms with Crippen LogP contribution in [0.2, 0.25) is 0 Å². The molecule has 0 atom stereocenters. The summed E-state index contributed by atoms with van der Waals surface area (Å²) >= 11 is 0. The number of nitrogens with zero attached hydrogens (tertiary/aromatic N) is 4. The number of aromatic nitrogens is 2. The highest BCUT2D eigenvalue weighted by atomic mass is 16.2. The van der Waals surface area contributed by atoms with E-state index in [4.69, 9.17) is 23.2 Å². The van der Waals surface area contributed by atoms with Gasteiger partial charge < -0.3 is 11.5 Å². The maximum Gasteiger partial charge on any atom is 0.335 e. The van der Waals surface area contributed by atoms with E-state index in [1.807, 2.05) is 0 Å². The number of primary amides is 2. The highest BCUT2D eigenvalue weighted by Crippen LogP contribution is 2.24. The van der Waals surface area contributed by atoms with Crippen molar-refractivity contribution in [1.82, 2.24) is 9.78 Å². The van der Waals surface area contributed by atoms with Crippen LogP contribution in [0.15, 0.2) is 6.20 Å². The Morgan fingerprint density at radius 3 is 2.19 bits per heavy atom. The first kappa shape index (κ1) is 11.7. The Labute approximate surface area is 90.3 Å². The van der Waals surface area contributed by atoms with E-state index in [1.54, 1.807) is 0 Å². The average molecular weight is 228 g/mol. The van der Waals surface area contributed by atoms with Gasteiger partial charge >= 0.3 is 12.1 Å². The first-order valence-electron chi connectivity index (χ1n) is 4.06. The first-order chi connectivity index (χ1) is 7.36. The number of carbonyl (C=O) groups is 2. The van der Waals surface area contributed by atoms with Gasteiger partial charge in [0.15, 0.2) is 5.82 Å². The Bertz CT molecular complexity index is 426. The van der Waals surface area contributed by atoms with Crippen LogP contribution in [0.5, 0.6) is 0 Å². The number of hydrogen-bond donors (Lipinski definition) is 4. The third-order valence-electron chi connectivity index (χ3n) is 1.85. The zero-order chi connectivity index (χ0) is 12.5. The Balaban J connectivity index is 3.22. The highest BCUT2D eigenvalue weighted by molar-refractivity contribution is 5.97. The van der Waals surface area contributed by atoms with Crippen LogP contribution in [0, 0.1) is 0 Å². The predicted octanol–water partition coefficient (Wildman–Crippen LogP) is -2.06. The summed E-state index contributed by atoms with van der Waals surface area (Å²) in [5, 5.41) is 4.99. The molecule has 8 N–H and O–H groups in total. The summed E-state index contributed by atoms with van der Waals surface area (Å²) in [6.07, 6.45) is 1.23. The Morgan fingerprint density at radius 2 is 1.75 bits per heavy atom. The molecule has 0 radical (unpaired) electrons. The van der Waals surface area contributed by atoms with E-state index in [0.717, 1.165) is 0 Å². The standard InChI is InChI=1S/C6H12N8O2/c1-12-4(14(10)6(8)16)3(2-11-12)13(9)5(7)15/h2H,9-10H2,1H3,(H2,7,15)(H2,8,16). The lowest BCUT2D eigenvalue weighted by Crippen LogP contribution is -2.46. The van der Waals surface area contributed by atoms with Gasteiger partial charge in [-0.3, -0.25) is 0 Å². The van der Waals surface area contributed by atoms with Crippen molar-refractivity contribution in [2.45, 2.75) is 0 Å². The van der Waals surface area contributed by atoms with Gasteiger partial charge in [-0.25, -0.2) is 36.0 Å². The van der Waals surface area contributed by atoms with Crippen molar-refractivity contribution in [3.63, 3.8) is 0 Å². The summed E-state index contributed by atoms with van der Waals surface area (Å²) < 4.78 is 1.23. The summed E-state index contributed by atoms with van der Waals surface area (Å²) in [7, 11) is 1.50. The van der Waals surface area contributed by atoms with Crippen LogP contribution < -0.4 is 33.2 Å². The maximum absolute atomic E-state index is 10.9. The van der Waals surface area contributed by atoms with Gasteiger partial charge in [-0.15, -0.1) is 0 Å². The Kier molecular flexibility index (Phi) is 2.96. The molecule has 1 aromatic heterocycles. The number of rotatable bonds is 2. The van der Waals surface area contributed by atoms with Crippen molar-refractivity contribution in [3.8, 4) is 0 Å². The molecule has 0 aliphatic rings. The first-order valence-corrected chi connectivity index (χ1v) is 4.06. The van der Waals surface area contributed by atoms with Crippen molar-refractivity contribution in [2.24, 2.45) is 30.2 Å². The van der Waals surface area contributed by atoms with Crippen molar-refractivity contribution in [2.75, 3.05) is 10.0 Å². The molecule has 10 nitrogen and oxygen atoms in total. The molecule has 1 heterocycles. The molecule has 0 aliphatic carbocycles. The van der Waals surface area contributed by atoms with Crippen LogP contribution in [0.1, 0.15) is 0 Å². The third kappa shape index (κ3) is 1.87. The molecule has 0 aliphatic heterocycles. The molecule has 0 unspecified atom stereocenters. The summed E-state index contributed by atoms with van der Waals surface area (Å²) in [5.41, 5.74) is 10.0. The minimum atomic E-state index is -0.928. The van der Waals surface area contributed by atoms with Crippen LogP contribution in [-0.4, -0.2) is 21.8 Å². The topological polar surface area (TPSA) is 163 Å². The van der Waals surface area contributed by atoms with Crippen LogP contribution in [0.25, 0.3) is 0 Å². The Hall–Kier alpha value is -2.33. The van der Waals surface area contributed by atoms with Crippen molar-refractivity contribution >= 4 is 23.6 Å². The number of hydrogen-bond acceptors (Lipinski definition) is 5. The molecule has 1 rings (SSSR count). The van der Waals surface area contributed by atoms with E-state index < -0.39 is 12.1 Å². The minimum absolute atomic E-state index is 0.0498. The van der Waals surface area contributed by atoms with E-state index >= 15 is 0 Å². The molecule has 0 saturated carbocycles. The van der Waals surface area contributed by atoms with Gasteiger partial charge in [0.1, 0.15) is 5.69 Å². The van der Waals surface area contributed by atoms with Crippen molar-refractivity contribution < 1.29 is 9.59 Å². The second kappa shape index (κ2) is 4.04. The highest BCUT2D eigenvalue weighted by Gasteiger charge is 2.22. The second-order valence-corrected chi connectivity index (χ2v) is 2.89. The van der Waals surface area contributed by atoms with E-state index in [1.165, 1.54) is 17.9 Å². The van der Waals surface area contributed by atoms with Crippen LogP contribution >= 0.6 is 0 Å². The molecule has 4 amide bonds. The Morgan fingerprint density at radius 1 is 1.25 bits per heavy atom. The number of amides is 4. The third-order valence-corrected chi connectivity index (χ3v) is 1.85. The van der Waals surface area contributed by atoms with Crippen molar-refractivity contribution in [3.05, 3.63) is 6.20 Å². The number of aryl methyl sites for hydroxylation is 1. The van der Waals surface area contributed by atoms with Gasteiger partial charge in [0.25, 0.3) is 0 Å². The molecular weight excluding hydrogens is 216 g/mol. The lowest BCUT2D eigenvalue weighted by atomic mass is 10.4. The summed E-state index contributed by atoms with van der Waals surface area (Å²) in [6, 6.07) is -1.85. The molecule has 0 spiro atoms. The van der Waals surface area contributed by atoms with E-state index in [2.05, 4.69) is 5.10 Å². The van der Waals surface area contributed by atoms with Gasteiger partial charge in [-0.2, -0.15) is 5.10 Å². The molecule has 0 bridgehead atoms. The average Bonchev–Trinajstić information content (AvgIpc) is 2.57. The van der Waals surface area contributed by atoms with Gasteiger partial charge in [-0.05, 0) is 0 Å². The fraction of sp³-hybridized carbons (Fsp3) is 0.167. The summed E-state index contributed by atoms with van der Waals surface area (Å²) in [4.78, 5) is 21.8. The molecule has 88 valence electrons. The molecule has 0 saturated heterocycles.